The van der Waals surface area contributed by atoms with Crippen molar-refractivity contribution in [1.29, 1.82) is 0 Å². The van der Waals surface area contributed by atoms with E-state index in [1.54, 1.807) is 6.82 Å². The highest BCUT2D eigenvalue weighted by molar-refractivity contribution is 9.10. The summed E-state index contributed by atoms with van der Waals surface area (Å²) in [6.45, 7) is 3.30. The van der Waals surface area contributed by atoms with E-state index in [1.807, 2.05) is 23.0 Å². The maximum Gasteiger partial charge on any atom is 0.376 e. The molecule has 106 valence electrons. The van der Waals surface area contributed by atoms with Crippen molar-refractivity contribution in [2.24, 2.45) is 0 Å². The normalized spacial score (nSPS) is 21.4. The molecule has 4 nitrogen and oxygen atoms in total. The molecule has 1 spiro atoms. The Balaban J connectivity index is 1.82. The van der Waals surface area contributed by atoms with E-state index >= 15 is 0 Å². The van der Waals surface area contributed by atoms with Gasteiger partial charge in [-0.1, -0.05) is 15.9 Å². The average molecular weight is 338 g/mol. The average Bonchev–Trinajstić information content (AvgIpc) is 2.40. The van der Waals surface area contributed by atoms with Crippen LogP contribution in [0.15, 0.2) is 22.7 Å². The first-order valence-corrected chi connectivity index (χ1v) is 7.72. The van der Waals surface area contributed by atoms with Gasteiger partial charge < -0.3 is 14.6 Å². The van der Waals surface area contributed by atoms with Crippen LogP contribution in [-0.4, -0.2) is 41.4 Å². The van der Waals surface area contributed by atoms with E-state index in [0.29, 0.717) is 17.7 Å². The van der Waals surface area contributed by atoms with Gasteiger partial charge in [-0.3, -0.25) is 4.79 Å². The van der Waals surface area contributed by atoms with E-state index in [0.717, 1.165) is 30.4 Å². The first-order valence-electron chi connectivity index (χ1n) is 6.93. The number of ketones is 1. The lowest BCUT2D eigenvalue weighted by Gasteiger charge is -2.44. The highest BCUT2D eigenvalue weighted by Gasteiger charge is 2.43. The zero-order valence-corrected chi connectivity index (χ0v) is 13.0. The number of nitrogens with zero attached hydrogens (tertiary/aromatic N) is 1. The Hall–Kier alpha value is -0.845. The van der Waals surface area contributed by atoms with Crippen molar-refractivity contribution in [2.75, 3.05) is 13.1 Å². The van der Waals surface area contributed by atoms with Crippen LogP contribution in [0, 0.1) is 0 Å². The lowest BCUT2D eigenvalue weighted by atomic mass is 9.76. The van der Waals surface area contributed by atoms with Crippen molar-refractivity contribution in [3.63, 3.8) is 0 Å². The number of Topliss-reactive ketones (excluding diaryl/α,β-unsaturated/α-hetero) is 1. The molecule has 1 saturated heterocycles. The van der Waals surface area contributed by atoms with Gasteiger partial charge in [-0.05, 0) is 51.0 Å². The molecule has 1 N–H and O–H groups in total. The molecule has 2 aliphatic heterocycles. The second kappa shape index (κ2) is 5.17. The number of ether oxygens (including phenoxy) is 1. The highest BCUT2D eigenvalue weighted by atomic mass is 79.9. The van der Waals surface area contributed by atoms with Crippen molar-refractivity contribution >= 4 is 28.8 Å². The quantitative estimate of drug-likeness (QED) is 0.799. The van der Waals surface area contributed by atoms with Crippen molar-refractivity contribution in [3.8, 4) is 5.75 Å². The third-order valence-corrected chi connectivity index (χ3v) is 4.78. The van der Waals surface area contributed by atoms with Crippen molar-refractivity contribution in [3.05, 3.63) is 28.2 Å². The molecule has 1 aromatic rings. The number of rotatable bonds is 1. The van der Waals surface area contributed by atoms with Crippen molar-refractivity contribution in [1.82, 2.24) is 4.81 Å². The second-order valence-corrected chi connectivity index (χ2v) is 6.61. The minimum Gasteiger partial charge on any atom is -0.486 e. The Morgan fingerprint density at radius 3 is 2.75 bits per heavy atom. The fraction of sp³-hybridized carbons (Fsp3) is 0.500. The van der Waals surface area contributed by atoms with Gasteiger partial charge in [0.1, 0.15) is 11.4 Å². The first-order chi connectivity index (χ1) is 9.49. The van der Waals surface area contributed by atoms with Gasteiger partial charge in [0.2, 0.25) is 0 Å². The number of fused-ring (bicyclic) bond motifs is 1. The lowest BCUT2D eigenvalue weighted by Crippen LogP contribution is -2.53. The van der Waals surface area contributed by atoms with Gasteiger partial charge in [-0.25, -0.2) is 0 Å². The van der Waals surface area contributed by atoms with Gasteiger partial charge in [0.25, 0.3) is 0 Å². The summed E-state index contributed by atoms with van der Waals surface area (Å²) in [4.78, 5) is 14.4. The second-order valence-electron chi connectivity index (χ2n) is 5.69. The molecule has 2 heterocycles. The number of piperidine rings is 1. The topological polar surface area (TPSA) is 49.8 Å². The SMILES string of the molecule is CB(O)N1CCC2(CC1)CC(=O)c1cc(Br)ccc1O2. The fourth-order valence-corrected chi connectivity index (χ4v) is 3.41. The smallest absolute Gasteiger partial charge is 0.376 e. The molecule has 0 radical (unpaired) electrons. The third-order valence-electron chi connectivity index (χ3n) is 4.29. The van der Waals surface area contributed by atoms with Crippen LogP contribution in [-0.2, 0) is 0 Å². The van der Waals surface area contributed by atoms with Gasteiger partial charge in [0.15, 0.2) is 5.78 Å². The largest absolute Gasteiger partial charge is 0.486 e. The predicted octanol–water partition coefficient (Wildman–Crippen LogP) is 2.36. The Morgan fingerprint density at radius 2 is 2.10 bits per heavy atom. The van der Waals surface area contributed by atoms with Crippen LogP contribution in [0.25, 0.3) is 0 Å². The Labute approximate surface area is 127 Å². The third kappa shape index (κ3) is 2.52. The van der Waals surface area contributed by atoms with Gasteiger partial charge >= 0.3 is 7.05 Å². The molecule has 0 aromatic heterocycles. The molecule has 0 unspecified atom stereocenters. The van der Waals surface area contributed by atoms with Crippen LogP contribution in [0.3, 0.4) is 0 Å². The minimum atomic E-state index is -0.435. The van der Waals surface area contributed by atoms with Crippen LogP contribution in [0.4, 0.5) is 0 Å². The Morgan fingerprint density at radius 1 is 1.40 bits per heavy atom. The summed E-state index contributed by atoms with van der Waals surface area (Å²) in [5.74, 6) is 0.841. The van der Waals surface area contributed by atoms with Crippen LogP contribution in [0.5, 0.6) is 5.75 Å². The molecule has 1 fully saturated rings. The molecule has 0 saturated carbocycles. The van der Waals surface area contributed by atoms with Crippen LogP contribution in [0.1, 0.15) is 29.6 Å². The van der Waals surface area contributed by atoms with E-state index in [-0.39, 0.29) is 11.4 Å². The molecular weight excluding hydrogens is 321 g/mol. The monoisotopic (exact) mass is 337 g/mol. The van der Waals surface area contributed by atoms with E-state index < -0.39 is 7.05 Å². The van der Waals surface area contributed by atoms with E-state index in [9.17, 15) is 9.82 Å². The first kappa shape index (κ1) is 14.1. The number of hydrogen-bond acceptors (Lipinski definition) is 4. The van der Waals surface area contributed by atoms with E-state index in [2.05, 4.69) is 15.9 Å². The maximum absolute atomic E-state index is 12.4. The van der Waals surface area contributed by atoms with Gasteiger partial charge in [-0.2, -0.15) is 0 Å². The number of carbonyl (C=O) groups excluding carboxylic acids is 1. The standard InChI is InChI=1S/C14H17BBrNO3/c1-15(19)17-6-4-14(5-7-17)9-12(18)11-8-10(16)2-3-13(11)20-14/h2-3,8,19H,4-7,9H2,1H3. The lowest BCUT2D eigenvalue weighted by molar-refractivity contribution is 0.00318. The van der Waals surface area contributed by atoms with Crippen molar-refractivity contribution < 1.29 is 14.6 Å². The number of halogens is 1. The summed E-state index contributed by atoms with van der Waals surface area (Å²) >= 11 is 3.39. The number of hydrogen-bond donors (Lipinski definition) is 1. The summed E-state index contributed by atoms with van der Waals surface area (Å²) < 4.78 is 7.06. The predicted molar refractivity (Wildman–Crippen MR) is 81.1 cm³/mol. The maximum atomic E-state index is 12.4. The highest BCUT2D eigenvalue weighted by Crippen LogP contribution is 2.40. The molecule has 2 aliphatic rings. The van der Waals surface area contributed by atoms with E-state index in [4.69, 9.17) is 4.74 Å². The molecule has 20 heavy (non-hydrogen) atoms. The molecule has 0 amide bonds. The minimum absolute atomic E-state index is 0.151. The summed E-state index contributed by atoms with van der Waals surface area (Å²) in [6, 6.07) is 5.59. The van der Waals surface area contributed by atoms with Gasteiger partial charge in [0.05, 0.1) is 12.0 Å². The summed E-state index contributed by atoms with van der Waals surface area (Å²) in [7, 11) is -0.435. The molecular formula is C14H17BBrNO3. The molecule has 0 aliphatic carbocycles. The number of benzene rings is 1. The van der Waals surface area contributed by atoms with Crippen LogP contribution < -0.4 is 4.74 Å². The van der Waals surface area contributed by atoms with Crippen molar-refractivity contribution in [2.45, 2.75) is 31.7 Å². The molecule has 1 aromatic carbocycles. The molecule has 6 heteroatoms. The zero-order valence-electron chi connectivity index (χ0n) is 11.4. The Bertz CT molecular complexity index is 541. The summed E-state index contributed by atoms with van der Waals surface area (Å²) in [5.41, 5.74) is 0.284. The summed E-state index contributed by atoms with van der Waals surface area (Å²) in [6.07, 6.45) is 1.99. The van der Waals surface area contributed by atoms with E-state index in [1.165, 1.54) is 0 Å². The molecule has 0 atom stereocenters. The van der Waals surface area contributed by atoms with Gasteiger partial charge in [0, 0.05) is 4.47 Å². The number of carbonyl (C=O) groups is 1. The Kier molecular flexibility index (Phi) is 3.64. The van der Waals surface area contributed by atoms with Crippen LogP contribution >= 0.6 is 15.9 Å². The molecule has 0 bridgehead atoms. The zero-order chi connectivity index (χ0) is 14.3. The van der Waals surface area contributed by atoms with Gasteiger partial charge in [-0.15, -0.1) is 0 Å². The fourth-order valence-electron chi connectivity index (χ4n) is 3.05. The summed E-state index contributed by atoms with van der Waals surface area (Å²) in [5, 5.41) is 9.62. The van der Waals surface area contributed by atoms with Crippen LogP contribution in [0.2, 0.25) is 6.82 Å². The molecule has 3 rings (SSSR count).